The van der Waals surface area contributed by atoms with E-state index in [2.05, 4.69) is 5.32 Å². The van der Waals surface area contributed by atoms with Crippen LogP contribution < -0.4 is 10.1 Å². The molecule has 1 rings (SSSR count). The zero-order valence-corrected chi connectivity index (χ0v) is 10.3. The molecular formula is C13H17NO4. The average Bonchev–Trinajstić information content (AvgIpc) is 2.32. The van der Waals surface area contributed by atoms with E-state index in [1.54, 1.807) is 6.07 Å². The number of ether oxygens (including phenoxy) is 1. The van der Waals surface area contributed by atoms with Gasteiger partial charge in [0.1, 0.15) is 5.75 Å². The van der Waals surface area contributed by atoms with E-state index in [9.17, 15) is 9.59 Å². The normalized spacial score (nSPS) is 9.83. The number of aryl methyl sites for hydroxylation is 1. The van der Waals surface area contributed by atoms with Crippen molar-refractivity contribution >= 4 is 11.9 Å². The van der Waals surface area contributed by atoms with Crippen molar-refractivity contribution in [2.45, 2.75) is 19.8 Å². The second-order valence-corrected chi connectivity index (χ2v) is 3.95. The molecule has 0 radical (unpaired) electrons. The van der Waals surface area contributed by atoms with Crippen LogP contribution in [-0.2, 0) is 9.59 Å². The molecule has 0 spiro atoms. The van der Waals surface area contributed by atoms with Gasteiger partial charge in [-0.3, -0.25) is 9.59 Å². The van der Waals surface area contributed by atoms with Gasteiger partial charge >= 0.3 is 5.97 Å². The summed E-state index contributed by atoms with van der Waals surface area (Å²) in [5.41, 5.74) is 1.06. The lowest BCUT2D eigenvalue weighted by atomic mass is 10.2. The molecule has 0 aromatic heterocycles. The highest BCUT2D eigenvalue weighted by molar-refractivity contribution is 5.77. The van der Waals surface area contributed by atoms with Crippen molar-refractivity contribution in [3.8, 4) is 5.75 Å². The lowest BCUT2D eigenvalue weighted by molar-refractivity contribution is -0.137. The summed E-state index contributed by atoms with van der Waals surface area (Å²) in [5, 5.41) is 11.0. The lowest BCUT2D eigenvalue weighted by Crippen LogP contribution is -2.29. The van der Waals surface area contributed by atoms with Crippen LogP contribution in [0.3, 0.4) is 0 Å². The van der Waals surface area contributed by atoms with Crippen LogP contribution in [0.5, 0.6) is 5.75 Å². The molecule has 0 unspecified atom stereocenters. The predicted octanol–water partition coefficient (Wildman–Crippen LogP) is 1.35. The van der Waals surface area contributed by atoms with Crippen LogP contribution in [0.1, 0.15) is 18.4 Å². The number of carbonyl (C=O) groups excluding carboxylic acids is 1. The zero-order valence-electron chi connectivity index (χ0n) is 10.3. The molecule has 18 heavy (non-hydrogen) atoms. The number of aliphatic carboxylic acids is 1. The van der Waals surface area contributed by atoms with Crippen LogP contribution in [0.4, 0.5) is 0 Å². The molecule has 1 aromatic rings. The van der Waals surface area contributed by atoms with Crippen molar-refractivity contribution in [3.63, 3.8) is 0 Å². The Morgan fingerprint density at radius 1 is 1.39 bits per heavy atom. The number of hydrogen-bond donors (Lipinski definition) is 2. The third-order valence-corrected chi connectivity index (χ3v) is 2.25. The van der Waals surface area contributed by atoms with Gasteiger partial charge in [-0.05, 0) is 31.0 Å². The molecular weight excluding hydrogens is 234 g/mol. The fourth-order valence-electron chi connectivity index (χ4n) is 1.37. The Hall–Kier alpha value is -2.04. The fraction of sp³-hybridized carbons (Fsp3) is 0.385. The van der Waals surface area contributed by atoms with Gasteiger partial charge in [-0.25, -0.2) is 0 Å². The summed E-state index contributed by atoms with van der Waals surface area (Å²) >= 11 is 0. The number of carboxylic acids is 1. The van der Waals surface area contributed by atoms with Gasteiger partial charge in [-0.15, -0.1) is 0 Å². The average molecular weight is 251 g/mol. The van der Waals surface area contributed by atoms with E-state index in [1.807, 2.05) is 25.1 Å². The molecule has 0 saturated carbocycles. The van der Waals surface area contributed by atoms with Crippen molar-refractivity contribution in [2.75, 3.05) is 13.2 Å². The Morgan fingerprint density at radius 2 is 2.17 bits per heavy atom. The number of amides is 1. The van der Waals surface area contributed by atoms with Crippen molar-refractivity contribution in [1.29, 1.82) is 0 Å². The predicted molar refractivity (Wildman–Crippen MR) is 66.6 cm³/mol. The molecule has 1 amide bonds. The molecule has 0 aliphatic carbocycles. The molecule has 5 heteroatoms. The Balaban J connectivity index is 2.19. The van der Waals surface area contributed by atoms with Gasteiger partial charge in [0.05, 0.1) is 0 Å². The highest BCUT2D eigenvalue weighted by Crippen LogP contribution is 2.11. The standard InChI is InChI=1S/C13H17NO4/c1-10-4-2-5-11(8-10)18-9-12(15)14-7-3-6-13(16)17/h2,4-5,8H,3,6-7,9H2,1H3,(H,14,15)(H,16,17). The minimum atomic E-state index is -0.861. The molecule has 0 fully saturated rings. The summed E-state index contributed by atoms with van der Waals surface area (Å²) in [6.45, 7) is 2.23. The molecule has 5 nitrogen and oxygen atoms in total. The van der Waals surface area contributed by atoms with Gasteiger partial charge in [0.25, 0.3) is 5.91 Å². The molecule has 0 atom stereocenters. The Morgan fingerprint density at radius 3 is 2.83 bits per heavy atom. The summed E-state index contributed by atoms with van der Waals surface area (Å²) in [5.74, 6) is -0.460. The number of nitrogens with one attached hydrogen (secondary N) is 1. The summed E-state index contributed by atoms with van der Waals surface area (Å²) in [4.78, 5) is 21.6. The quantitative estimate of drug-likeness (QED) is 0.717. The number of rotatable bonds is 7. The van der Waals surface area contributed by atoms with Crippen LogP contribution >= 0.6 is 0 Å². The minimum Gasteiger partial charge on any atom is -0.484 e. The monoisotopic (exact) mass is 251 g/mol. The summed E-state index contributed by atoms with van der Waals surface area (Å²) < 4.78 is 5.30. The maximum Gasteiger partial charge on any atom is 0.303 e. The molecule has 1 aromatic carbocycles. The SMILES string of the molecule is Cc1cccc(OCC(=O)NCCCC(=O)O)c1. The fourth-order valence-corrected chi connectivity index (χ4v) is 1.37. The number of hydrogen-bond acceptors (Lipinski definition) is 3. The van der Waals surface area contributed by atoms with Gasteiger partial charge in [0, 0.05) is 13.0 Å². The zero-order chi connectivity index (χ0) is 13.4. The van der Waals surface area contributed by atoms with Crippen LogP contribution in [-0.4, -0.2) is 30.1 Å². The van der Waals surface area contributed by atoms with Crippen molar-refractivity contribution in [2.24, 2.45) is 0 Å². The maximum atomic E-state index is 11.4. The molecule has 98 valence electrons. The van der Waals surface area contributed by atoms with Crippen LogP contribution in [0, 0.1) is 6.92 Å². The number of benzene rings is 1. The highest BCUT2D eigenvalue weighted by atomic mass is 16.5. The number of carbonyl (C=O) groups is 2. The third-order valence-electron chi connectivity index (χ3n) is 2.25. The van der Waals surface area contributed by atoms with E-state index in [0.717, 1.165) is 5.56 Å². The minimum absolute atomic E-state index is 0.0546. The van der Waals surface area contributed by atoms with E-state index in [-0.39, 0.29) is 18.9 Å². The van der Waals surface area contributed by atoms with Crippen molar-refractivity contribution in [3.05, 3.63) is 29.8 Å². The first-order valence-corrected chi connectivity index (χ1v) is 5.76. The van der Waals surface area contributed by atoms with Crippen molar-refractivity contribution in [1.82, 2.24) is 5.32 Å². The second kappa shape index (κ2) is 7.32. The maximum absolute atomic E-state index is 11.4. The van der Waals surface area contributed by atoms with E-state index < -0.39 is 5.97 Å². The molecule has 0 bridgehead atoms. The first-order valence-electron chi connectivity index (χ1n) is 5.76. The Labute approximate surface area is 106 Å². The highest BCUT2D eigenvalue weighted by Gasteiger charge is 2.03. The molecule has 0 heterocycles. The van der Waals surface area contributed by atoms with Crippen LogP contribution in [0.15, 0.2) is 24.3 Å². The first kappa shape index (κ1) is 14.0. The summed E-state index contributed by atoms with van der Waals surface area (Å²) in [6.07, 6.45) is 0.477. The van der Waals surface area contributed by atoms with Gasteiger partial charge in [0.2, 0.25) is 0 Å². The lowest BCUT2D eigenvalue weighted by Gasteiger charge is -2.07. The smallest absolute Gasteiger partial charge is 0.303 e. The molecule has 2 N–H and O–H groups in total. The Bertz CT molecular complexity index is 417. The van der Waals surface area contributed by atoms with E-state index >= 15 is 0 Å². The largest absolute Gasteiger partial charge is 0.484 e. The van der Waals surface area contributed by atoms with Crippen LogP contribution in [0.25, 0.3) is 0 Å². The third kappa shape index (κ3) is 5.89. The van der Waals surface area contributed by atoms with Gasteiger partial charge in [-0.1, -0.05) is 12.1 Å². The van der Waals surface area contributed by atoms with Crippen LogP contribution in [0.2, 0.25) is 0 Å². The Kier molecular flexibility index (Phi) is 5.70. The van der Waals surface area contributed by atoms with Gasteiger partial charge in [0.15, 0.2) is 6.61 Å². The summed E-state index contributed by atoms with van der Waals surface area (Å²) in [6, 6.07) is 7.43. The van der Waals surface area contributed by atoms with E-state index in [0.29, 0.717) is 18.7 Å². The number of carboxylic acid groups (broad SMARTS) is 1. The summed E-state index contributed by atoms with van der Waals surface area (Å²) in [7, 11) is 0. The van der Waals surface area contributed by atoms with E-state index in [4.69, 9.17) is 9.84 Å². The topological polar surface area (TPSA) is 75.6 Å². The first-order chi connectivity index (χ1) is 8.58. The van der Waals surface area contributed by atoms with E-state index in [1.165, 1.54) is 0 Å². The molecule has 0 aliphatic heterocycles. The van der Waals surface area contributed by atoms with Gasteiger partial charge < -0.3 is 15.2 Å². The molecule has 0 saturated heterocycles. The van der Waals surface area contributed by atoms with Crippen molar-refractivity contribution < 1.29 is 19.4 Å². The molecule has 0 aliphatic rings. The second-order valence-electron chi connectivity index (χ2n) is 3.95. The van der Waals surface area contributed by atoms with Gasteiger partial charge in [-0.2, -0.15) is 0 Å².